The Labute approximate surface area is 186 Å². The van der Waals surface area contributed by atoms with E-state index in [1.54, 1.807) is 48.5 Å². The third-order valence-electron chi connectivity index (χ3n) is 5.60. The number of Topliss-reactive ketones (excluding diaryl/α,β-unsaturated/α-hetero) is 1. The van der Waals surface area contributed by atoms with Crippen LogP contribution >= 0.6 is 0 Å². The van der Waals surface area contributed by atoms with Crippen molar-refractivity contribution in [3.05, 3.63) is 83.4 Å². The lowest BCUT2D eigenvalue weighted by Gasteiger charge is -2.34. The fraction of sp³-hybridized carbons (Fsp3) is 0.280. The molecule has 1 saturated heterocycles. The molecule has 7 heteroatoms. The van der Waals surface area contributed by atoms with E-state index in [1.807, 2.05) is 0 Å². The van der Waals surface area contributed by atoms with Gasteiger partial charge in [-0.25, -0.2) is 4.39 Å². The zero-order valence-electron chi connectivity index (χ0n) is 17.8. The van der Waals surface area contributed by atoms with Gasteiger partial charge in [-0.2, -0.15) is 0 Å². The topological polar surface area (TPSA) is 71.8 Å². The van der Waals surface area contributed by atoms with Crippen LogP contribution in [0.4, 0.5) is 4.39 Å². The van der Waals surface area contributed by atoms with E-state index in [9.17, 15) is 14.0 Å². The van der Waals surface area contributed by atoms with E-state index in [1.165, 1.54) is 19.1 Å². The Morgan fingerprint density at radius 1 is 1.00 bits per heavy atom. The molecule has 0 unspecified atom stereocenters. The number of hydrogen-bond donors (Lipinski definition) is 1. The molecule has 0 bridgehead atoms. The van der Waals surface area contributed by atoms with Crippen molar-refractivity contribution in [1.82, 2.24) is 10.2 Å². The normalized spacial score (nSPS) is 15.3. The van der Waals surface area contributed by atoms with Gasteiger partial charge in [-0.3, -0.25) is 14.5 Å². The first-order valence-corrected chi connectivity index (χ1v) is 10.6. The summed E-state index contributed by atoms with van der Waals surface area (Å²) in [4.78, 5) is 26.4. The molecule has 32 heavy (non-hydrogen) atoms. The summed E-state index contributed by atoms with van der Waals surface area (Å²) in [5, 5.41) is 2.94. The summed E-state index contributed by atoms with van der Waals surface area (Å²) in [6.45, 7) is 4.58. The minimum atomic E-state index is -0.322. The highest BCUT2D eigenvalue weighted by Gasteiger charge is 2.24. The summed E-state index contributed by atoms with van der Waals surface area (Å²) in [7, 11) is 0. The van der Waals surface area contributed by atoms with Crippen LogP contribution in [0, 0.1) is 5.82 Å². The van der Waals surface area contributed by atoms with Gasteiger partial charge in [0.05, 0.1) is 19.3 Å². The molecule has 1 N–H and O–H groups in total. The summed E-state index contributed by atoms with van der Waals surface area (Å²) in [6, 6.07) is 16.7. The number of amides is 1. The number of nitrogens with zero attached hydrogens (tertiary/aromatic N) is 1. The maximum atomic E-state index is 13.4. The fourth-order valence-corrected chi connectivity index (χ4v) is 3.79. The lowest BCUT2D eigenvalue weighted by molar-refractivity contribution is 0.0161. The number of benzene rings is 2. The predicted molar refractivity (Wildman–Crippen MR) is 118 cm³/mol. The van der Waals surface area contributed by atoms with E-state index in [4.69, 9.17) is 9.15 Å². The number of nitrogens with one attached hydrogen (secondary N) is 1. The third-order valence-corrected chi connectivity index (χ3v) is 5.60. The van der Waals surface area contributed by atoms with Crippen molar-refractivity contribution in [2.45, 2.75) is 13.0 Å². The molecule has 0 saturated carbocycles. The summed E-state index contributed by atoms with van der Waals surface area (Å²) >= 11 is 0. The van der Waals surface area contributed by atoms with Gasteiger partial charge in [-0.05, 0) is 36.8 Å². The van der Waals surface area contributed by atoms with Crippen molar-refractivity contribution in [3.8, 4) is 11.3 Å². The molecular formula is C25H25FN2O4. The lowest BCUT2D eigenvalue weighted by atomic mass is 10.0. The summed E-state index contributed by atoms with van der Waals surface area (Å²) < 4.78 is 24.6. The molecule has 166 valence electrons. The van der Waals surface area contributed by atoms with Crippen LogP contribution in [-0.2, 0) is 4.74 Å². The zero-order valence-corrected chi connectivity index (χ0v) is 17.8. The first kappa shape index (κ1) is 21.9. The van der Waals surface area contributed by atoms with Crippen LogP contribution in [-0.4, -0.2) is 49.4 Å². The number of carbonyl (C=O) groups is 2. The fourth-order valence-electron chi connectivity index (χ4n) is 3.79. The predicted octanol–water partition coefficient (Wildman–Crippen LogP) is 4.09. The Bertz CT molecular complexity index is 1070. The van der Waals surface area contributed by atoms with Gasteiger partial charge >= 0.3 is 0 Å². The highest BCUT2D eigenvalue weighted by atomic mass is 19.1. The summed E-state index contributed by atoms with van der Waals surface area (Å²) in [5.41, 5.74) is 2.33. The largest absolute Gasteiger partial charge is 0.451 e. The van der Waals surface area contributed by atoms with Gasteiger partial charge in [0.15, 0.2) is 11.5 Å². The number of ketones is 1. The second kappa shape index (κ2) is 9.89. The molecule has 2 aromatic carbocycles. The SMILES string of the molecule is CC(=O)c1ccc(-c2ccc(C(=O)NC[C@@H](c3ccc(F)cc3)N3CCOCC3)o2)cc1. The van der Waals surface area contributed by atoms with Crippen molar-refractivity contribution < 1.29 is 23.1 Å². The Morgan fingerprint density at radius 2 is 1.69 bits per heavy atom. The van der Waals surface area contributed by atoms with Gasteiger partial charge in [0.1, 0.15) is 11.6 Å². The maximum absolute atomic E-state index is 13.4. The van der Waals surface area contributed by atoms with Gasteiger partial charge in [0, 0.05) is 30.8 Å². The van der Waals surface area contributed by atoms with Crippen molar-refractivity contribution in [3.63, 3.8) is 0 Å². The molecular weight excluding hydrogens is 411 g/mol. The van der Waals surface area contributed by atoms with E-state index < -0.39 is 0 Å². The number of morpholine rings is 1. The van der Waals surface area contributed by atoms with Crippen molar-refractivity contribution in [1.29, 1.82) is 0 Å². The number of furan rings is 1. The van der Waals surface area contributed by atoms with Gasteiger partial charge in [-0.15, -0.1) is 0 Å². The molecule has 0 aliphatic carbocycles. The van der Waals surface area contributed by atoms with Crippen molar-refractivity contribution in [2.75, 3.05) is 32.8 Å². The monoisotopic (exact) mass is 436 g/mol. The number of rotatable bonds is 7. The van der Waals surface area contributed by atoms with E-state index in [0.717, 1.165) is 24.2 Å². The van der Waals surface area contributed by atoms with Gasteiger partial charge in [0.25, 0.3) is 5.91 Å². The van der Waals surface area contributed by atoms with Gasteiger partial charge in [0.2, 0.25) is 0 Å². The quantitative estimate of drug-likeness (QED) is 0.565. The minimum absolute atomic E-state index is 0.00737. The molecule has 4 rings (SSSR count). The number of halogens is 1. The first-order valence-electron chi connectivity index (χ1n) is 10.6. The second-order valence-electron chi connectivity index (χ2n) is 7.72. The molecule has 3 aromatic rings. The van der Waals surface area contributed by atoms with Crippen LogP contribution < -0.4 is 5.32 Å². The van der Waals surface area contributed by atoms with E-state index >= 15 is 0 Å². The molecule has 1 atom stereocenters. The van der Waals surface area contributed by atoms with E-state index in [2.05, 4.69) is 10.2 Å². The lowest BCUT2D eigenvalue weighted by Crippen LogP contribution is -2.43. The van der Waals surface area contributed by atoms with Gasteiger partial charge < -0.3 is 14.5 Å². The van der Waals surface area contributed by atoms with Crippen LogP contribution in [0.3, 0.4) is 0 Å². The second-order valence-corrected chi connectivity index (χ2v) is 7.72. The highest BCUT2D eigenvalue weighted by molar-refractivity contribution is 5.94. The van der Waals surface area contributed by atoms with Crippen LogP contribution in [0.15, 0.2) is 65.1 Å². The number of ether oxygens (including phenoxy) is 1. The smallest absolute Gasteiger partial charge is 0.287 e. The maximum Gasteiger partial charge on any atom is 0.287 e. The van der Waals surface area contributed by atoms with E-state index in [0.29, 0.717) is 31.1 Å². The highest BCUT2D eigenvalue weighted by Crippen LogP contribution is 2.24. The average molecular weight is 436 g/mol. The zero-order chi connectivity index (χ0) is 22.5. The molecule has 1 aromatic heterocycles. The average Bonchev–Trinajstić information content (AvgIpc) is 3.31. The molecule has 1 fully saturated rings. The van der Waals surface area contributed by atoms with Crippen LogP contribution in [0.1, 0.15) is 39.4 Å². The summed E-state index contributed by atoms with van der Waals surface area (Å²) in [6.07, 6.45) is 0. The molecule has 1 aliphatic rings. The third kappa shape index (κ3) is 5.12. The Kier molecular flexibility index (Phi) is 6.78. The van der Waals surface area contributed by atoms with Crippen molar-refractivity contribution in [2.24, 2.45) is 0 Å². The standard InChI is InChI=1S/C25H25FN2O4/c1-17(29)18-2-4-20(5-3-18)23-10-11-24(32-23)25(30)27-16-22(28-12-14-31-15-13-28)19-6-8-21(26)9-7-19/h2-11,22H,12-16H2,1H3,(H,27,30)/t22-/m0/s1. The molecule has 2 heterocycles. The van der Waals surface area contributed by atoms with Crippen LogP contribution in [0.2, 0.25) is 0 Å². The van der Waals surface area contributed by atoms with E-state index in [-0.39, 0.29) is 29.3 Å². The number of carbonyl (C=O) groups excluding carboxylic acids is 2. The Balaban J connectivity index is 1.45. The molecule has 1 aliphatic heterocycles. The van der Waals surface area contributed by atoms with Crippen molar-refractivity contribution >= 4 is 11.7 Å². The Hall–Kier alpha value is -3.29. The molecule has 0 spiro atoms. The molecule has 6 nitrogen and oxygen atoms in total. The first-order chi connectivity index (χ1) is 15.5. The minimum Gasteiger partial charge on any atom is -0.451 e. The molecule has 0 radical (unpaired) electrons. The number of hydrogen-bond acceptors (Lipinski definition) is 5. The summed E-state index contributed by atoms with van der Waals surface area (Å²) in [5.74, 6) is 0.131. The van der Waals surface area contributed by atoms with Gasteiger partial charge in [-0.1, -0.05) is 36.4 Å². The van der Waals surface area contributed by atoms with Crippen LogP contribution in [0.5, 0.6) is 0 Å². The molecule has 1 amide bonds. The Morgan fingerprint density at radius 3 is 2.34 bits per heavy atom. The van der Waals surface area contributed by atoms with Crippen LogP contribution in [0.25, 0.3) is 11.3 Å².